The average molecular weight is 439 g/mol. The molecule has 0 unspecified atom stereocenters. The lowest BCUT2D eigenvalue weighted by molar-refractivity contribution is 0.0998. The Morgan fingerprint density at radius 3 is 2.53 bits per heavy atom. The zero-order valence-corrected chi connectivity index (χ0v) is 18.0. The summed E-state index contributed by atoms with van der Waals surface area (Å²) in [7, 11) is 0. The van der Waals surface area contributed by atoms with Gasteiger partial charge in [0.25, 0.3) is 5.91 Å². The first kappa shape index (κ1) is 20.1. The van der Waals surface area contributed by atoms with Crippen molar-refractivity contribution in [2.24, 2.45) is 5.73 Å². The molecular formula is C22H19ClN4O2S. The van der Waals surface area contributed by atoms with Gasteiger partial charge in [0.05, 0.1) is 17.1 Å². The van der Waals surface area contributed by atoms with E-state index in [-0.39, 0.29) is 5.91 Å². The highest BCUT2D eigenvalue weighted by Crippen LogP contribution is 2.30. The molecule has 152 valence electrons. The molecule has 2 heterocycles. The van der Waals surface area contributed by atoms with Crippen molar-refractivity contribution >= 4 is 50.7 Å². The number of nitrogens with two attached hydrogens (primary N) is 1. The number of carbonyl (C=O) groups excluding carboxylic acids is 2. The summed E-state index contributed by atoms with van der Waals surface area (Å²) >= 11 is 7.36. The van der Waals surface area contributed by atoms with Crippen LogP contribution in [0.4, 0.5) is 5.69 Å². The Balaban J connectivity index is 1.59. The zero-order chi connectivity index (χ0) is 21.4. The minimum Gasteiger partial charge on any atom is -0.366 e. The van der Waals surface area contributed by atoms with Gasteiger partial charge in [0.15, 0.2) is 0 Å². The summed E-state index contributed by atoms with van der Waals surface area (Å²) in [5, 5.41) is 9.14. The van der Waals surface area contributed by atoms with Gasteiger partial charge < -0.3 is 11.1 Å². The van der Waals surface area contributed by atoms with Crippen molar-refractivity contribution in [1.82, 2.24) is 9.78 Å². The van der Waals surface area contributed by atoms with E-state index in [0.29, 0.717) is 33.3 Å². The molecule has 6 nitrogen and oxygen atoms in total. The second kappa shape index (κ2) is 7.93. The first-order valence-corrected chi connectivity index (χ1v) is 10.4. The van der Waals surface area contributed by atoms with E-state index >= 15 is 0 Å². The Hall–Kier alpha value is -3.16. The highest BCUT2D eigenvalue weighted by molar-refractivity contribution is 7.20. The SMILES string of the molecule is Cc1cc(NC(=O)c2cc3c(C)nn(Cc4ccc(Cl)cc4)c3s2)ccc1C(N)=O. The molecule has 0 aliphatic rings. The number of thiophene rings is 1. The van der Waals surface area contributed by atoms with Crippen molar-refractivity contribution in [1.29, 1.82) is 0 Å². The van der Waals surface area contributed by atoms with Crippen molar-refractivity contribution in [3.05, 3.63) is 80.8 Å². The number of nitrogens with zero attached hydrogens (tertiary/aromatic N) is 2. The van der Waals surface area contributed by atoms with Crippen LogP contribution in [0, 0.1) is 13.8 Å². The lowest BCUT2D eigenvalue weighted by Crippen LogP contribution is -2.14. The molecule has 4 rings (SSSR count). The molecule has 2 amide bonds. The summed E-state index contributed by atoms with van der Waals surface area (Å²) in [6.07, 6.45) is 0. The predicted molar refractivity (Wildman–Crippen MR) is 121 cm³/mol. The van der Waals surface area contributed by atoms with Gasteiger partial charge in [-0.15, -0.1) is 11.3 Å². The van der Waals surface area contributed by atoms with Crippen LogP contribution < -0.4 is 11.1 Å². The number of primary amides is 1. The number of rotatable bonds is 5. The molecule has 0 bridgehead atoms. The molecule has 8 heteroatoms. The van der Waals surface area contributed by atoms with Gasteiger partial charge in [-0.25, -0.2) is 0 Å². The van der Waals surface area contributed by atoms with E-state index in [4.69, 9.17) is 17.3 Å². The van der Waals surface area contributed by atoms with Crippen molar-refractivity contribution in [2.75, 3.05) is 5.32 Å². The highest BCUT2D eigenvalue weighted by Gasteiger charge is 2.17. The monoisotopic (exact) mass is 438 g/mol. The third-order valence-corrected chi connectivity index (χ3v) is 6.23. The van der Waals surface area contributed by atoms with Crippen molar-refractivity contribution in [3.63, 3.8) is 0 Å². The fourth-order valence-electron chi connectivity index (χ4n) is 3.31. The molecule has 0 saturated heterocycles. The van der Waals surface area contributed by atoms with E-state index in [1.165, 1.54) is 11.3 Å². The number of fused-ring (bicyclic) bond motifs is 1. The lowest BCUT2D eigenvalue weighted by atomic mass is 10.1. The Bertz CT molecular complexity index is 1270. The van der Waals surface area contributed by atoms with Crippen LogP contribution in [-0.2, 0) is 6.54 Å². The quantitative estimate of drug-likeness (QED) is 0.470. The minimum atomic E-state index is -0.490. The Labute approximate surface area is 182 Å². The van der Waals surface area contributed by atoms with Crippen molar-refractivity contribution in [3.8, 4) is 0 Å². The fourth-order valence-corrected chi connectivity index (χ4v) is 4.49. The van der Waals surface area contributed by atoms with Gasteiger partial charge >= 0.3 is 0 Å². The number of hydrogen-bond acceptors (Lipinski definition) is 4. The second-order valence-electron chi connectivity index (χ2n) is 7.05. The number of aromatic nitrogens is 2. The Morgan fingerprint density at radius 2 is 1.87 bits per heavy atom. The minimum absolute atomic E-state index is 0.208. The topological polar surface area (TPSA) is 90.0 Å². The molecule has 0 fully saturated rings. The van der Waals surface area contributed by atoms with Crippen LogP contribution >= 0.6 is 22.9 Å². The number of halogens is 1. The van der Waals surface area contributed by atoms with Crippen LogP contribution in [0.2, 0.25) is 5.02 Å². The van der Waals surface area contributed by atoms with E-state index in [0.717, 1.165) is 21.5 Å². The van der Waals surface area contributed by atoms with Crippen LogP contribution in [0.3, 0.4) is 0 Å². The van der Waals surface area contributed by atoms with Crippen LogP contribution in [0.25, 0.3) is 10.2 Å². The number of hydrogen-bond donors (Lipinski definition) is 2. The molecule has 4 aromatic rings. The number of amides is 2. The molecule has 2 aromatic carbocycles. The highest BCUT2D eigenvalue weighted by atomic mass is 35.5. The van der Waals surface area contributed by atoms with Gasteiger partial charge in [-0.2, -0.15) is 5.10 Å². The van der Waals surface area contributed by atoms with E-state index in [9.17, 15) is 9.59 Å². The third-order valence-electron chi connectivity index (χ3n) is 4.83. The van der Waals surface area contributed by atoms with Crippen molar-refractivity contribution in [2.45, 2.75) is 20.4 Å². The molecule has 2 aromatic heterocycles. The molecular weight excluding hydrogens is 420 g/mol. The maximum absolute atomic E-state index is 12.8. The number of nitrogens with one attached hydrogen (secondary N) is 1. The summed E-state index contributed by atoms with van der Waals surface area (Å²) in [6.45, 7) is 4.31. The van der Waals surface area contributed by atoms with E-state index in [2.05, 4.69) is 10.4 Å². The van der Waals surface area contributed by atoms with E-state index in [1.54, 1.807) is 25.1 Å². The number of aryl methyl sites for hydroxylation is 2. The normalized spacial score (nSPS) is 11.0. The number of carbonyl (C=O) groups is 2. The molecule has 0 spiro atoms. The Morgan fingerprint density at radius 1 is 1.13 bits per heavy atom. The van der Waals surface area contributed by atoms with Gasteiger partial charge in [-0.3, -0.25) is 14.3 Å². The standard InChI is InChI=1S/C22H19ClN4O2S/c1-12-9-16(7-8-17(12)20(24)28)25-21(29)19-10-18-13(2)26-27(22(18)30-19)11-14-3-5-15(23)6-4-14/h3-10H,11H2,1-2H3,(H2,24,28)(H,25,29). The zero-order valence-electron chi connectivity index (χ0n) is 16.4. The summed E-state index contributed by atoms with van der Waals surface area (Å²) in [6, 6.07) is 14.5. The lowest BCUT2D eigenvalue weighted by Gasteiger charge is -2.07. The van der Waals surface area contributed by atoms with Gasteiger partial charge in [0.2, 0.25) is 5.91 Å². The second-order valence-corrected chi connectivity index (χ2v) is 8.51. The molecule has 3 N–H and O–H groups in total. The summed E-state index contributed by atoms with van der Waals surface area (Å²) in [5.74, 6) is -0.699. The van der Waals surface area contributed by atoms with Gasteiger partial charge in [0, 0.05) is 21.7 Å². The van der Waals surface area contributed by atoms with E-state index in [1.807, 2.05) is 41.9 Å². The van der Waals surface area contributed by atoms with Gasteiger partial charge in [-0.05, 0) is 61.4 Å². The van der Waals surface area contributed by atoms with Crippen LogP contribution in [0.1, 0.15) is 36.9 Å². The largest absolute Gasteiger partial charge is 0.366 e. The molecule has 30 heavy (non-hydrogen) atoms. The first-order valence-electron chi connectivity index (χ1n) is 9.25. The average Bonchev–Trinajstić information content (AvgIpc) is 3.25. The summed E-state index contributed by atoms with van der Waals surface area (Å²) in [4.78, 5) is 25.7. The van der Waals surface area contributed by atoms with Crippen LogP contribution in [0.15, 0.2) is 48.5 Å². The molecule has 0 saturated carbocycles. The molecule has 0 aliphatic heterocycles. The molecule has 0 radical (unpaired) electrons. The fraction of sp³-hybridized carbons (Fsp3) is 0.136. The van der Waals surface area contributed by atoms with Crippen molar-refractivity contribution < 1.29 is 9.59 Å². The third kappa shape index (κ3) is 3.94. The Kier molecular flexibility index (Phi) is 5.32. The first-order chi connectivity index (χ1) is 14.3. The smallest absolute Gasteiger partial charge is 0.265 e. The number of benzene rings is 2. The van der Waals surface area contributed by atoms with Crippen LogP contribution in [0.5, 0.6) is 0 Å². The van der Waals surface area contributed by atoms with Crippen LogP contribution in [-0.4, -0.2) is 21.6 Å². The summed E-state index contributed by atoms with van der Waals surface area (Å²) in [5.41, 5.74) is 9.05. The molecule has 0 atom stereocenters. The van der Waals surface area contributed by atoms with Gasteiger partial charge in [0.1, 0.15) is 4.83 Å². The predicted octanol–water partition coefficient (Wildman–Crippen LogP) is 4.77. The molecule has 0 aliphatic carbocycles. The number of anilines is 1. The maximum atomic E-state index is 12.8. The summed E-state index contributed by atoms with van der Waals surface area (Å²) < 4.78 is 1.90. The maximum Gasteiger partial charge on any atom is 0.265 e. The van der Waals surface area contributed by atoms with Gasteiger partial charge in [-0.1, -0.05) is 23.7 Å². The van der Waals surface area contributed by atoms with E-state index < -0.39 is 5.91 Å².